The molecule has 0 bridgehead atoms. The van der Waals surface area contributed by atoms with Crippen molar-refractivity contribution < 1.29 is 29.2 Å². The van der Waals surface area contributed by atoms with Gasteiger partial charge in [0, 0.05) is 4.91 Å². The lowest BCUT2D eigenvalue weighted by atomic mass is 9.94. The van der Waals surface area contributed by atoms with Gasteiger partial charge in [-0.1, -0.05) is 117 Å². The quantitative estimate of drug-likeness (QED) is 0.162. The number of rotatable bonds is 9. The lowest BCUT2D eigenvalue weighted by Crippen LogP contribution is -2.69. The first kappa shape index (κ1) is 28.9. The highest BCUT2D eigenvalue weighted by Gasteiger charge is 2.57. The number of ether oxygens (including phenoxy) is 2. The number of aliphatic hydroxyl groups excluding tert-OH is 2. The third kappa shape index (κ3) is 5.79. The molecule has 1 aliphatic heterocycles. The Morgan fingerprint density at radius 2 is 1.44 bits per heavy atom. The number of hydrogen-bond acceptors (Lipinski definition) is 7. The minimum Gasteiger partial charge on any atom is -0.405 e. The van der Waals surface area contributed by atoms with Gasteiger partial charge in [-0.3, -0.25) is 0 Å². The van der Waals surface area contributed by atoms with Gasteiger partial charge in [-0.05, 0) is 26.5 Å². The van der Waals surface area contributed by atoms with Gasteiger partial charge < -0.3 is 29.2 Å². The zero-order chi connectivity index (χ0) is 28.1. The third-order valence-electron chi connectivity index (χ3n) is 7.14. The molecule has 5 atom stereocenters. The predicted molar refractivity (Wildman–Crippen MR) is 150 cm³/mol. The minimum atomic E-state index is -2.99. The maximum atomic E-state index is 11.4. The van der Waals surface area contributed by atoms with Gasteiger partial charge in [0.05, 0.1) is 13.2 Å². The smallest absolute Gasteiger partial charge is 0.261 e. The second kappa shape index (κ2) is 12.0. The van der Waals surface area contributed by atoms with E-state index in [1.807, 2.05) is 91.0 Å². The molecule has 3 aromatic rings. The van der Waals surface area contributed by atoms with Gasteiger partial charge in [0.2, 0.25) is 5.72 Å². The number of hydrogen-bond donors (Lipinski definition) is 3. The predicted octanol–water partition coefficient (Wildman–Crippen LogP) is 3.23. The summed E-state index contributed by atoms with van der Waals surface area (Å²) in [5.41, 5.74) is 7.31. The SMILES string of the molecule is CC(C)(C)[Si](OC[C@H]1O[C@H](O)[C@@](O)(N=[N+]=[N-])[C@@H](OCc2ccccc2)[C@@H]1O)(c1ccccc1)c1ccccc1. The van der Waals surface area contributed by atoms with Crippen molar-refractivity contribution in [3.05, 3.63) is 107 Å². The van der Waals surface area contributed by atoms with Gasteiger partial charge in [-0.15, -0.1) is 0 Å². The van der Waals surface area contributed by atoms with Crippen LogP contribution in [-0.4, -0.2) is 60.6 Å². The van der Waals surface area contributed by atoms with Crippen LogP contribution in [0.4, 0.5) is 0 Å². The van der Waals surface area contributed by atoms with E-state index in [2.05, 4.69) is 30.8 Å². The van der Waals surface area contributed by atoms with Crippen LogP contribution >= 0.6 is 0 Å². The van der Waals surface area contributed by atoms with Gasteiger partial charge in [0.1, 0.15) is 18.3 Å². The van der Waals surface area contributed by atoms with Crippen LogP contribution < -0.4 is 10.4 Å². The van der Waals surface area contributed by atoms with Crippen molar-refractivity contribution in [2.45, 2.75) is 62.7 Å². The summed E-state index contributed by atoms with van der Waals surface area (Å²) in [4.78, 5) is 2.66. The van der Waals surface area contributed by atoms with Crippen molar-refractivity contribution >= 4 is 18.7 Å². The highest BCUT2D eigenvalue weighted by Crippen LogP contribution is 2.38. The average Bonchev–Trinajstić information content (AvgIpc) is 2.93. The molecule has 206 valence electrons. The zero-order valence-electron chi connectivity index (χ0n) is 22.3. The molecular weight excluding hydrogens is 514 g/mol. The minimum absolute atomic E-state index is 0.000825. The molecule has 0 saturated carbocycles. The summed E-state index contributed by atoms with van der Waals surface area (Å²) in [5, 5.41) is 38.3. The first-order chi connectivity index (χ1) is 18.6. The Kier molecular flexibility index (Phi) is 8.90. The largest absolute Gasteiger partial charge is 0.405 e. The highest BCUT2D eigenvalue weighted by molar-refractivity contribution is 6.99. The topological polar surface area (TPSA) is 137 Å². The molecule has 10 heteroatoms. The molecule has 4 rings (SSSR count). The maximum absolute atomic E-state index is 11.4. The molecule has 9 nitrogen and oxygen atoms in total. The van der Waals surface area contributed by atoms with Crippen LogP contribution in [0.1, 0.15) is 26.3 Å². The molecule has 0 spiro atoms. The van der Waals surface area contributed by atoms with Crippen LogP contribution in [0.5, 0.6) is 0 Å². The first-order valence-electron chi connectivity index (χ1n) is 12.8. The molecular formula is C29H35N3O6Si. The van der Waals surface area contributed by atoms with Crippen molar-refractivity contribution in [3.63, 3.8) is 0 Å². The van der Waals surface area contributed by atoms with E-state index in [4.69, 9.17) is 19.4 Å². The Morgan fingerprint density at radius 3 is 1.92 bits per heavy atom. The fraction of sp³-hybridized carbons (Fsp3) is 0.379. The van der Waals surface area contributed by atoms with Gasteiger partial charge >= 0.3 is 0 Å². The summed E-state index contributed by atoms with van der Waals surface area (Å²) in [7, 11) is -2.99. The zero-order valence-corrected chi connectivity index (χ0v) is 23.3. The summed E-state index contributed by atoms with van der Waals surface area (Å²) < 4.78 is 18.4. The molecule has 0 radical (unpaired) electrons. The van der Waals surface area contributed by atoms with E-state index in [9.17, 15) is 15.3 Å². The van der Waals surface area contributed by atoms with Crippen LogP contribution in [0, 0.1) is 0 Å². The molecule has 39 heavy (non-hydrogen) atoms. The van der Waals surface area contributed by atoms with Crippen LogP contribution in [0.25, 0.3) is 10.4 Å². The number of azide groups is 1. The standard InChI is InChI=1S/C29H35N3O6Si/c1-28(2,3)39(22-15-9-5-10-16-22,23-17-11-6-12-18-23)37-20-24-25(33)26(29(35,31-32-30)27(34)38-24)36-19-21-13-7-4-8-14-21/h4-18,24-27,33-35H,19-20H2,1-3H3/t24-,25-,26+,27+,29-/m1/s1. The van der Waals surface area contributed by atoms with E-state index in [-0.39, 0.29) is 18.3 Å². The molecule has 3 N–H and O–H groups in total. The summed E-state index contributed by atoms with van der Waals surface area (Å²) in [6.07, 6.45) is -6.00. The number of aliphatic hydroxyl groups is 3. The molecule has 1 fully saturated rings. The van der Waals surface area contributed by atoms with Crippen molar-refractivity contribution in [1.29, 1.82) is 0 Å². The third-order valence-corrected chi connectivity index (χ3v) is 12.1. The Labute approximate surface area is 229 Å². The maximum Gasteiger partial charge on any atom is 0.261 e. The fourth-order valence-corrected chi connectivity index (χ4v) is 9.77. The monoisotopic (exact) mass is 549 g/mol. The molecule has 1 aliphatic rings. The van der Waals surface area contributed by atoms with Gasteiger partial charge in [0.15, 0.2) is 6.29 Å². The van der Waals surface area contributed by atoms with E-state index < -0.39 is 38.6 Å². The number of nitrogens with zero attached hydrogens (tertiary/aromatic N) is 3. The van der Waals surface area contributed by atoms with Crippen molar-refractivity contribution in [2.24, 2.45) is 5.11 Å². The Bertz CT molecular complexity index is 1210. The van der Waals surface area contributed by atoms with E-state index in [1.165, 1.54) is 0 Å². The van der Waals surface area contributed by atoms with Crippen LogP contribution in [0.15, 0.2) is 96.1 Å². The normalized spacial score (nSPS) is 25.6. The summed E-state index contributed by atoms with van der Waals surface area (Å²) in [6, 6.07) is 29.1. The molecule has 0 aromatic heterocycles. The van der Waals surface area contributed by atoms with Crippen LogP contribution in [0.2, 0.25) is 5.04 Å². The molecule has 3 aromatic carbocycles. The fourth-order valence-electron chi connectivity index (χ4n) is 5.20. The summed E-state index contributed by atoms with van der Waals surface area (Å²) in [6.45, 7) is 6.26. The Balaban J connectivity index is 1.67. The Morgan fingerprint density at radius 1 is 0.923 bits per heavy atom. The van der Waals surface area contributed by atoms with Gasteiger partial charge in [-0.2, -0.15) is 0 Å². The van der Waals surface area contributed by atoms with Crippen LogP contribution in [0.3, 0.4) is 0 Å². The second-order valence-corrected chi connectivity index (χ2v) is 15.0. The van der Waals surface area contributed by atoms with E-state index in [1.54, 1.807) is 0 Å². The summed E-state index contributed by atoms with van der Waals surface area (Å²) in [5.74, 6) is 0. The molecule has 1 heterocycles. The van der Waals surface area contributed by atoms with Gasteiger partial charge in [-0.25, -0.2) is 0 Å². The Hall–Kier alpha value is -3.05. The number of benzene rings is 3. The van der Waals surface area contributed by atoms with Crippen molar-refractivity contribution in [3.8, 4) is 0 Å². The summed E-state index contributed by atoms with van der Waals surface area (Å²) >= 11 is 0. The average molecular weight is 550 g/mol. The second-order valence-electron chi connectivity index (χ2n) is 10.7. The van der Waals surface area contributed by atoms with E-state index >= 15 is 0 Å². The van der Waals surface area contributed by atoms with Crippen molar-refractivity contribution in [1.82, 2.24) is 0 Å². The van der Waals surface area contributed by atoms with Crippen LogP contribution in [-0.2, 0) is 20.5 Å². The lowest BCUT2D eigenvalue weighted by molar-refractivity contribution is -0.335. The molecule has 0 aliphatic carbocycles. The molecule has 0 unspecified atom stereocenters. The highest BCUT2D eigenvalue weighted by atomic mass is 28.4. The lowest BCUT2D eigenvalue weighted by Gasteiger charge is -2.48. The first-order valence-corrected chi connectivity index (χ1v) is 14.7. The van der Waals surface area contributed by atoms with Crippen molar-refractivity contribution in [2.75, 3.05) is 6.61 Å². The van der Waals surface area contributed by atoms with E-state index in [0.29, 0.717) is 0 Å². The molecule has 1 saturated heterocycles. The van der Waals surface area contributed by atoms with E-state index in [0.717, 1.165) is 15.9 Å². The molecule has 0 amide bonds. The van der Waals surface area contributed by atoms with Gasteiger partial charge in [0.25, 0.3) is 8.32 Å².